The molecule has 0 amide bonds. The number of hydrogen-bond donors (Lipinski definition) is 0. The van der Waals surface area contributed by atoms with Crippen molar-refractivity contribution in [2.24, 2.45) is 0 Å². The summed E-state index contributed by atoms with van der Waals surface area (Å²) in [6, 6.07) is 50.5. The molecule has 1 aliphatic carbocycles. The van der Waals surface area contributed by atoms with E-state index in [4.69, 9.17) is 4.74 Å². The zero-order valence-electron chi connectivity index (χ0n) is 24.2. The van der Waals surface area contributed by atoms with Gasteiger partial charge in [-0.25, -0.2) is 0 Å². The Bertz CT molecular complexity index is 2210. The Morgan fingerprint density at radius 2 is 1.07 bits per heavy atom. The third kappa shape index (κ3) is 4.03. The van der Waals surface area contributed by atoms with Crippen molar-refractivity contribution < 1.29 is 4.74 Å². The average Bonchev–Trinajstić information content (AvgIpc) is 3.44. The van der Waals surface area contributed by atoms with Crippen LogP contribution in [0.3, 0.4) is 0 Å². The van der Waals surface area contributed by atoms with Crippen LogP contribution in [0.15, 0.2) is 157 Å². The van der Waals surface area contributed by atoms with E-state index in [1.165, 1.54) is 72.0 Å². The molecule has 0 bridgehead atoms. The summed E-state index contributed by atoms with van der Waals surface area (Å²) in [6.45, 7) is 0. The maximum atomic E-state index is 6.35. The van der Waals surface area contributed by atoms with Crippen LogP contribution in [-0.4, -0.2) is 4.57 Å². The highest BCUT2D eigenvalue weighted by Gasteiger charge is 2.25. The minimum Gasteiger partial charge on any atom is -0.453 e. The van der Waals surface area contributed by atoms with E-state index in [9.17, 15) is 0 Å². The van der Waals surface area contributed by atoms with Crippen molar-refractivity contribution in [3.8, 4) is 50.3 Å². The van der Waals surface area contributed by atoms with Crippen LogP contribution >= 0.6 is 0 Å². The molecule has 1 aromatic heterocycles. The summed E-state index contributed by atoms with van der Waals surface area (Å²) in [7, 11) is 0. The van der Waals surface area contributed by atoms with Gasteiger partial charge in [0, 0.05) is 10.8 Å². The van der Waals surface area contributed by atoms with Crippen LogP contribution in [0.5, 0.6) is 5.75 Å². The van der Waals surface area contributed by atoms with Gasteiger partial charge in [0.25, 0.3) is 0 Å². The standard InChI is InChI=1S/C42H29NO/c1-3-10-28(11-4-1)33-24-34(29-12-5-2-6-13-29)26-35(25-33)31-20-18-30(19-21-31)32-22-23-38-37(27-32)36-14-9-17-41-42(36)43(38)39-15-7-8-16-40(39)44-41/h1-6,8-14,16-27H,7,15H2. The largest absolute Gasteiger partial charge is 0.453 e. The fourth-order valence-corrected chi connectivity index (χ4v) is 6.89. The second-order valence-corrected chi connectivity index (χ2v) is 11.7. The van der Waals surface area contributed by atoms with E-state index in [1.54, 1.807) is 0 Å². The first kappa shape index (κ1) is 24.9. The Morgan fingerprint density at radius 3 is 1.73 bits per heavy atom. The van der Waals surface area contributed by atoms with Crippen LogP contribution in [0.1, 0.15) is 12.8 Å². The van der Waals surface area contributed by atoms with Crippen molar-refractivity contribution in [2.75, 3.05) is 0 Å². The van der Waals surface area contributed by atoms with Gasteiger partial charge >= 0.3 is 0 Å². The molecule has 0 fully saturated rings. The zero-order chi connectivity index (χ0) is 29.0. The van der Waals surface area contributed by atoms with Crippen LogP contribution in [0, 0.1) is 0 Å². The molecule has 0 unspecified atom stereocenters. The van der Waals surface area contributed by atoms with Crippen molar-refractivity contribution >= 4 is 27.5 Å². The summed E-state index contributed by atoms with van der Waals surface area (Å²) in [5, 5.41) is 2.50. The zero-order valence-corrected chi connectivity index (χ0v) is 24.2. The minimum absolute atomic E-state index is 0.933. The Labute approximate surface area is 256 Å². The Balaban J connectivity index is 1.13. The van der Waals surface area contributed by atoms with Crippen molar-refractivity contribution in [1.82, 2.24) is 4.57 Å². The summed E-state index contributed by atoms with van der Waals surface area (Å²) in [6.07, 6.45) is 6.36. The Hall–Kier alpha value is -5.60. The molecule has 0 radical (unpaired) electrons. The molecule has 7 aromatic rings. The number of ether oxygens (including phenoxy) is 1. The number of para-hydroxylation sites is 1. The first-order valence-corrected chi connectivity index (χ1v) is 15.3. The predicted molar refractivity (Wildman–Crippen MR) is 183 cm³/mol. The van der Waals surface area contributed by atoms with Gasteiger partial charge in [0.15, 0.2) is 5.75 Å². The predicted octanol–water partition coefficient (Wildman–Crippen LogP) is 11.4. The summed E-state index contributed by atoms with van der Waals surface area (Å²) < 4.78 is 8.78. The molecule has 0 N–H and O–H groups in total. The smallest absolute Gasteiger partial charge is 0.152 e. The fourth-order valence-electron chi connectivity index (χ4n) is 6.89. The molecular formula is C42H29NO. The van der Waals surface area contributed by atoms with E-state index in [-0.39, 0.29) is 0 Å². The van der Waals surface area contributed by atoms with Gasteiger partial charge in [-0.05, 0) is 99.8 Å². The van der Waals surface area contributed by atoms with Gasteiger partial charge in [0.2, 0.25) is 0 Å². The number of rotatable bonds is 4. The molecule has 6 aromatic carbocycles. The lowest BCUT2D eigenvalue weighted by atomic mass is 9.92. The number of nitrogens with zero attached hydrogens (tertiary/aromatic N) is 1. The molecule has 0 atom stereocenters. The van der Waals surface area contributed by atoms with E-state index >= 15 is 0 Å². The summed E-state index contributed by atoms with van der Waals surface area (Å²) in [5.41, 5.74) is 13.4. The van der Waals surface area contributed by atoms with Gasteiger partial charge in [-0.3, -0.25) is 0 Å². The monoisotopic (exact) mass is 563 g/mol. The van der Waals surface area contributed by atoms with Crippen LogP contribution in [0.2, 0.25) is 0 Å². The molecule has 9 rings (SSSR count). The maximum absolute atomic E-state index is 6.35. The Morgan fingerprint density at radius 1 is 0.477 bits per heavy atom. The highest BCUT2D eigenvalue weighted by atomic mass is 16.5. The molecule has 1 aliphatic heterocycles. The molecule has 44 heavy (non-hydrogen) atoms. The number of aromatic nitrogens is 1. The van der Waals surface area contributed by atoms with Gasteiger partial charge in [-0.15, -0.1) is 0 Å². The van der Waals surface area contributed by atoms with Gasteiger partial charge in [0.1, 0.15) is 5.76 Å². The minimum atomic E-state index is 0.933. The van der Waals surface area contributed by atoms with Crippen LogP contribution in [0.25, 0.3) is 72.0 Å². The van der Waals surface area contributed by atoms with E-state index in [0.29, 0.717) is 0 Å². The molecule has 0 spiro atoms. The van der Waals surface area contributed by atoms with Crippen molar-refractivity contribution in [2.45, 2.75) is 12.8 Å². The first-order chi connectivity index (χ1) is 21.8. The SMILES string of the molecule is C1=CC2=C(CC1)n1c3ccc(-c4ccc(-c5cc(-c6ccccc6)cc(-c6ccccc6)c5)cc4)cc3c3cccc(c31)O2. The average molecular weight is 564 g/mol. The van der Waals surface area contributed by atoms with Gasteiger partial charge in [-0.2, -0.15) is 0 Å². The molecule has 208 valence electrons. The summed E-state index contributed by atoms with van der Waals surface area (Å²) in [4.78, 5) is 0. The number of allylic oxidation sites excluding steroid dienone is 3. The van der Waals surface area contributed by atoms with Crippen molar-refractivity contribution in [1.29, 1.82) is 0 Å². The third-order valence-electron chi connectivity index (χ3n) is 9.04. The molecule has 2 heterocycles. The summed E-state index contributed by atoms with van der Waals surface area (Å²) >= 11 is 0. The molecule has 0 saturated carbocycles. The quantitative estimate of drug-likeness (QED) is 0.208. The third-order valence-corrected chi connectivity index (χ3v) is 9.04. The molecule has 2 nitrogen and oxygen atoms in total. The molecule has 2 aliphatic rings. The van der Waals surface area contributed by atoms with Crippen LogP contribution < -0.4 is 4.74 Å². The fraction of sp³-hybridized carbons (Fsp3) is 0.0476. The van der Waals surface area contributed by atoms with E-state index in [0.717, 1.165) is 24.4 Å². The lowest BCUT2D eigenvalue weighted by Gasteiger charge is -2.24. The topological polar surface area (TPSA) is 14.2 Å². The lowest BCUT2D eigenvalue weighted by Crippen LogP contribution is -2.12. The second-order valence-electron chi connectivity index (χ2n) is 11.7. The number of hydrogen-bond acceptors (Lipinski definition) is 1. The number of fused-ring (bicyclic) bond motifs is 4. The van der Waals surface area contributed by atoms with Crippen molar-refractivity contribution in [3.05, 3.63) is 157 Å². The molecular weight excluding hydrogens is 534 g/mol. The van der Waals surface area contributed by atoms with Crippen molar-refractivity contribution in [3.63, 3.8) is 0 Å². The van der Waals surface area contributed by atoms with E-state index < -0.39 is 0 Å². The summed E-state index contributed by atoms with van der Waals surface area (Å²) in [5.74, 6) is 1.91. The first-order valence-electron chi connectivity index (χ1n) is 15.3. The maximum Gasteiger partial charge on any atom is 0.152 e. The van der Waals surface area contributed by atoms with Crippen LogP contribution in [-0.2, 0) is 0 Å². The van der Waals surface area contributed by atoms with E-state index in [2.05, 4.69) is 156 Å². The van der Waals surface area contributed by atoms with Gasteiger partial charge in [0.05, 0.1) is 16.7 Å². The van der Waals surface area contributed by atoms with E-state index in [1.807, 2.05) is 0 Å². The van der Waals surface area contributed by atoms with Gasteiger partial charge < -0.3 is 9.30 Å². The second kappa shape index (κ2) is 10.00. The Kier molecular flexibility index (Phi) is 5.67. The molecule has 2 heteroatoms. The highest BCUT2D eigenvalue weighted by Crippen LogP contribution is 2.45. The molecule has 0 saturated heterocycles. The lowest BCUT2D eigenvalue weighted by molar-refractivity contribution is 0.436. The highest BCUT2D eigenvalue weighted by molar-refractivity contribution is 6.13. The normalized spacial score (nSPS) is 13.7. The van der Waals surface area contributed by atoms with Crippen LogP contribution in [0.4, 0.5) is 0 Å². The number of benzene rings is 6. The van der Waals surface area contributed by atoms with Gasteiger partial charge in [-0.1, -0.05) is 109 Å².